The summed E-state index contributed by atoms with van der Waals surface area (Å²) in [5.41, 5.74) is 0.588. The fraction of sp³-hybridized carbons (Fsp3) is 0.529. The lowest BCUT2D eigenvalue weighted by Crippen LogP contribution is -2.44. The number of amides is 2. The van der Waals surface area contributed by atoms with Crippen LogP contribution in [0.1, 0.15) is 31.2 Å². The summed E-state index contributed by atoms with van der Waals surface area (Å²) in [5, 5.41) is 14.5. The molecule has 0 heterocycles. The number of carbonyl (C=O) groups is 2. The number of alkyl halides is 2. The number of hydrogen-bond donors (Lipinski definition) is 3. The normalized spacial score (nSPS) is 20.1. The van der Waals surface area contributed by atoms with Crippen LogP contribution in [0, 0.1) is 5.92 Å². The van der Waals surface area contributed by atoms with Gasteiger partial charge in [-0.3, -0.25) is 4.79 Å². The Bertz CT molecular complexity index is 590. The maximum atomic E-state index is 12.4. The molecule has 1 saturated carbocycles. The monoisotopic (exact) mass is 356 g/mol. The smallest absolute Gasteiger partial charge is 0.387 e. The van der Waals surface area contributed by atoms with Crippen LogP contribution in [-0.2, 0) is 11.2 Å². The number of hydrogen-bond acceptors (Lipinski definition) is 3. The zero-order chi connectivity index (χ0) is 18.2. The quantitative estimate of drug-likeness (QED) is 0.701. The predicted octanol–water partition coefficient (Wildman–Crippen LogP) is 2.77. The number of para-hydroxylation sites is 1. The van der Waals surface area contributed by atoms with E-state index in [1.807, 2.05) is 0 Å². The summed E-state index contributed by atoms with van der Waals surface area (Å²) in [6.45, 7) is -2.61. The van der Waals surface area contributed by atoms with Crippen molar-refractivity contribution in [3.05, 3.63) is 29.8 Å². The van der Waals surface area contributed by atoms with Gasteiger partial charge >= 0.3 is 18.6 Å². The van der Waals surface area contributed by atoms with Gasteiger partial charge in [0.1, 0.15) is 5.75 Å². The van der Waals surface area contributed by atoms with Crippen molar-refractivity contribution >= 4 is 12.0 Å². The molecule has 1 fully saturated rings. The van der Waals surface area contributed by atoms with Crippen molar-refractivity contribution in [1.82, 2.24) is 10.6 Å². The van der Waals surface area contributed by atoms with E-state index in [0.29, 0.717) is 37.7 Å². The van der Waals surface area contributed by atoms with E-state index in [-0.39, 0.29) is 30.3 Å². The van der Waals surface area contributed by atoms with Crippen LogP contribution >= 0.6 is 0 Å². The molecule has 6 nitrogen and oxygen atoms in total. The fourth-order valence-corrected chi connectivity index (χ4v) is 2.95. The van der Waals surface area contributed by atoms with Crippen LogP contribution in [0.3, 0.4) is 0 Å². The second-order valence-corrected chi connectivity index (χ2v) is 6.02. The Hall–Kier alpha value is -2.38. The Morgan fingerprint density at radius 2 is 1.88 bits per heavy atom. The lowest BCUT2D eigenvalue weighted by atomic mass is 9.86. The average molecular weight is 356 g/mol. The molecule has 0 unspecified atom stereocenters. The van der Waals surface area contributed by atoms with Gasteiger partial charge in [-0.2, -0.15) is 8.78 Å². The van der Waals surface area contributed by atoms with Gasteiger partial charge in [0.25, 0.3) is 0 Å². The molecule has 1 aliphatic carbocycles. The van der Waals surface area contributed by atoms with Crippen molar-refractivity contribution in [2.75, 3.05) is 6.54 Å². The predicted molar refractivity (Wildman–Crippen MR) is 86.7 cm³/mol. The van der Waals surface area contributed by atoms with Gasteiger partial charge in [0.15, 0.2) is 0 Å². The number of ether oxygens (including phenoxy) is 1. The maximum Gasteiger partial charge on any atom is 0.387 e. The van der Waals surface area contributed by atoms with Crippen LogP contribution in [0.2, 0.25) is 0 Å². The second kappa shape index (κ2) is 9.19. The molecule has 2 amide bonds. The molecule has 25 heavy (non-hydrogen) atoms. The SMILES string of the molecule is O=C(NCCc1ccccc1OC(F)F)NC1CCC(C(=O)O)CC1. The van der Waals surface area contributed by atoms with Crippen molar-refractivity contribution in [3.63, 3.8) is 0 Å². The summed E-state index contributed by atoms with van der Waals surface area (Å²) in [6, 6.07) is 6.08. The summed E-state index contributed by atoms with van der Waals surface area (Å²) < 4.78 is 29.1. The number of carboxylic acid groups (broad SMARTS) is 1. The Balaban J connectivity index is 1.72. The number of nitrogens with one attached hydrogen (secondary N) is 2. The summed E-state index contributed by atoms with van der Waals surface area (Å²) in [4.78, 5) is 22.8. The third-order valence-electron chi connectivity index (χ3n) is 4.28. The topological polar surface area (TPSA) is 87.7 Å². The van der Waals surface area contributed by atoms with Gasteiger partial charge in [0, 0.05) is 12.6 Å². The number of rotatable bonds is 7. The molecule has 0 radical (unpaired) electrons. The van der Waals surface area contributed by atoms with Gasteiger partial charge < -0.3 is 20.5 Å². The zero-order valence-corrected chi connectivity index (χ0v) is 13.7. The van der Waals surface area contributed by atoms with E-state index in [1.165, 1.54) is 6.07 Å². The number of benzene rings is 1. The highest BCUT2D eigenvalue weighted by Gasteiger charge is 2.26. The number of halogens is 2. The van der Waals surface area contributed by atoms with Crippen LogP contribution in [0.5, 0.6) is 5.75 Å². The third-order valence-corrected chi connectivity index (χ3v) is 4.28. The Morgan fingerprint density at radius 1 is 1.20 bits per heavy atom. The van der Waals surface area contributed by atoms with E-state index in [2.05, 4.69) is 15.4 Å². The largest absolute Gasteiger partial charge is 0.481 e. The fourth-order valence-electron chi connectivity index (χ4n) is 2.95. The minimum absolute atomic E-state index is 0.0370. The molecule has 138 valence electrons. The first-order valence-electron chi connectivity index (χ1n) is 8.25. The number of urea groups is 1. The van der Waals surface area contributed by atoms with E-state index in [1.54, 1.807) is 18.2 Å². The van der Waals surface area contributed by atoms with Crippen LogP contribution in [-0.4, -0.2) is 36.3 Å². The van der Waals surface area contributed by atoms with Gasteiger partial charge in [-0.25, -0.2) is 4.79 Å². The highest BCUT2D eigenvalue weighted by atomic mass is 19.3. The molecule has 0 spiro atoms. The first kappa shape index (κ1) is 19.0. The maximum absolute atomic E-state index is 12.4. The minimum atomic E-state index is -2.89. The van der Waals surface area contributed by atoms with Gasteiger partial charge in [-0.15, -0.1) is 0 Å². The molecule has 0 aliphatic heterocycles. The third kappa shape index (κ3) is 6.21. The van der Waals surface area contributed by atoms with Crippen LogP contribution < -0.4 is 15.4 Å². The summed E-state index contributed by atoms with van der Waals surface area (Å²) in [6.07, 6.45) is 2.74. The highest BCUT2D eigenvalue weighted by molar-refractivity contribution is 5.74. The Labute approximate surface area is 144 Å². The van der Waals surface area contributed by atoms with Gasteiger partial charge in [0.05, 0.1) is 5.92 Å². The van der Waals surface area contributed by atoms with E-state index in [9.17, 15) is 18.4 Å². The van der Waals surface area contributed by atoms with Crippen LogP contribution in [0.15, 0.2) is 24.3 Å². The molecular formula is C17H22F2N2O4. The van der Waals surface area contributed by atoms with Crippen molar-refractivity contribution in [2.45, 2.75) is 44.8 Å². The van der Waals surface area contributed by atoms with Crippen LogP contribution in [0.4, 0.5) is 13.6 Å². The van der Waals surface area contributed by atoms with Crippen molar-refractivity contribution in [1.29, 1.82) is 0 Å². The van der Waals surface area contributed by atoms with Crippen LogP contribution in [0.25, 0.3) is 0 Å². The molecule has 0 atom stereocenters. The average Bonchev–Trinajstić information content (AvgIpc) is 2.56. The number of carboxylic acids is 1. The first-order chi connectivity index (χ1) is 12.0. The molecule has 8 heteroatoms. The minimum Gasteiger partial charge on any atom is -0.481 e. The van der Waals surface area contributed by atoms with Crippen molar-refractivity contribution in [3.8, 4) is 5.75 Å². The van der Waals surface area contributed by atoms with E-state index in [0.717, 1.165) is 0 Å². The lowest BCUT2D eigenvalue weighted by molar-refractivity contribution is -0.142. The second-order valence-electron chi connectivity index (χ2n) is 6.02. The molecule has 0 bridgehead atoms. The number of aliphatic carboxylic acids is 1. The van der Waals surface area contributed by atoms with E-state index in [4.69, 9.17) is 5.11 Å². The molecule has 3 N–H and O–H groups in total. The van der Waals surface area contributed by atoms with Gasteiger partial charge in [-0.1, -0.05) is 18.2 Å². The molecular weight excluding hydrogens is 334 g/mol. The zero-order valence-electron chi connectivity index (χ0n) is 13.7. The van der Waals surface area contributed by atoms with Crippen molar-refractivity contribution < 1.29 is 28.2 Å². The molecule has 1 aromatic carbocycles. The first-order valence-corrected chi connectivity index (χ1v) is 8.25. The molecule has 2 rings (SSSR count). The Morgan fingerprint density at radius 3 is 2.52 bits per heavy atom. The van der Waals surface area contributed by atoms with E-state index < -0.39 is 12.6 Å². The summed E-state index contributed by atoms with van der Waals surface area (Å²) >= 11 is 0. The lowest BCUT2D eigenvalue weighted by Gasteiger charge is -2.26. The van der Waals surface area contributed by atoms with Crippen molar-refractivity contribution in [2.24, 2.45) is 5.92 Å². The molecule has 0 saturated heterocycles. The summed E-state index contributed by atoms with van der Waals surface area (Å²) in [5.74, 6) is -1.01. The summed E-state index contributed by atoms with van der Waals surface area (Å²) in [7, 11) is 0. The molecule has 1 aromatic rings. The van der Waals surface area contributed by atoms with E-state index >= 15 is 0 Å². The van der Waals surface area contributed by atoms with Gasteiger partial charge in [0.2, 0.25) is 0 Å². The highest BCUT2D eigenvalue weighted by Crippen LogP contribution is 2.24. The standard InChI is InChI=1S/C17H22F2N2O4/c18-16(19)25-14-4-2-1-3-11(14)9-10-20-17(24)21-13-7-5-12(6-8-13)15(22)23/h1-4,12-13,16H,5-10H2,(H,22,23)(H2,20,21,24). The number of carbonyl (C=O) groups excluding carboxylic acids is 1. The molecule has 0 aromatic heterocycles. The van der Waals surface area contributed by atoms with Gasteiger partial charge in [-0.05, 0) is 43.7 Å². The Kier molecular flexibility index (Phi) is 6.97. The molecule has 1 aliphatic rings.